The molecular weight excluding hydrogens is 359 g/mol. The van der Waals surface area contributed by atoms with Crippen LogP contribution >= 0.6 is 12.4 Å². The van der Waals surface area contributed by atoms with Gasteiger partial charge in [-0.2, -0.15) is 5.10 Å². The normalized spacial score (nSPS) is 14.9. The van der Waals surface area contributed by atoms with Crippen molar-refractivity contribution in [2.75, 3.05) is 26.2 Å². The lowest BCUT2D eigenvalue weighted by molar-refractivity contribution is 0.00829. The molecule has 0 spiro atoms. The summed E-state index contributed by atoms with van der Waals surface area (Å²) >= 11 is 0. The van der Waals surface area contributed by atoms with Crippen molar-refractivity contribution in [3.63, 3.8) is 0 Å². The van der Waals surface area contributed by atoms with Gasteiger partial charge in [-0.25, -0.2) is 4.39 Å². The number of H-pyrrole nitrogens is 1. The third-order valence-corrected chi connectivity index (χ3v) is 4.38. The first kappa shape index (κ1) is 20.4. The van der Waals surface area contributed by atoms with Crippen LogP contribution in [0.15, 0.2) is 30.3 Å². The van der Waals surface area contributed by atoms with E-state index in [9.17, 15) is 9.18 Å². The summed E-state index contributed by atoms with van der Waals surface area (Å²) in [5.41, 5.74) is 7.30. The number of hydrogen-bond acceptors (Lipinski definition) is 4. The van der Waals surface area contributed by atoms with E-state index in [0.717, 1.165) is 24.8 Å². The number of nitrogens with two attached hydrogens (primary N) is 1. The van der Waals surface area contributed by atoms with Crippen LogP contribution in [0.3, 0.4) is 0 Å². The van der Waals surface area contributed by atoms with E-state index in [4.69, 9.17) is 10.5 Å². The van der Waals surface area contributed by atoms with Gasteiger partial charge < -0.3 is 15.4 Å². The number of halogens is 2. The van der Waals surface area contributed by atoms with Crippen LogP contribution in [0.25, 0.3) is 11.3 Å². The second-order valence-corrected chi connectivity index (χ2v) is 6.18. The maximum Gasteiger partial charge on any atom is 0.271 e. The molecule has 2 aromatic rings. The fraction of sp³-hybridized carbons (Fsp3) is 0.444. The zero-order chi connectivity index (χ0) is 17.6. The summed E-state index contributed by atoms with van der Waals surface area (Å²) in [5.74, 6) is -0.367. The lowest BCUT2D eigenvalue weighted by Crippen LogP contribution is -2.41. The summed E-state index contributed by atoms with van der Waals surface area (Å²) in [7, 11) is 0. The van der Waals surface area contributed by atoms with Gasteiger partial charge in [-0.3, -0.25) is 9.89 Å². The van der Waals surface area contributed by atoms with Crippen molar-refractivity contribution in [2.24, 2.45) is 5.73 Å². The van der Waals surface area contributed by atoms with Crippen LogP contribution in [-0.4, -0.2) is 53.3 Å². The van der Waals surface area contributed by atoms with Gasteiger partial charge in [0.15, 0.2) is 0 Å². The van der Waals surface area contributed by atoms with Crippen LogP contribution in [0.5, 0.6) is 0 Å². The molecule has 0 saturated carbocycles. The largest absolute Gasteiger partial charge is 0.378 e. The number of aromatic amines is 1. The minimum Gasteiger partial charge on any atom is -0.378 e. The Labute approximate surface area is 158 Å². The Bertz CT molecular complexity index is 699. The molecule has 0 unspecified atom stereocenters. The maximum atomic E-state index is 13.0. The molecule has 1 aromatic heterocycles. The number of piperidine rings is 1. The molecule has 142 valence electrons. The Morgan fingerprint density at radius 3 is 2.65 bits per heavy atom. The van der Waals surface area contributed by atoms with Crippen LogP contribution in [-0.2, 0) is 4.74 Å². The van der Waals surface area contributed by atoms with Gasteiger partial charge in [0, 0.05) is 25.3 Å². The predicted octanol–water partition coefficient (Wildman–Crippen LogP) is 2.61. The van der Waals surface area contributed by atoms with E-state index in [0.29, 0.717) is 37.6 Å². The molecule has 3 N–H and O–H groups in total. The lowest BCUT2D eigenvalue weighted by Gasteiger charge is -2.31. The Kier molecular flexibility index (Phi) is 7.56. The van der Waals surface area contributed by atoms with Gasteiger partial charge >= 0.3 is 0 Å². The SMILES string of the molecule is Cl.NCCCOC1CCN(C(=O)c2cc(-c3ccc(F)cc3)n[nH]2)CC1. The summed E-state index contributed by atoms with van der Waals surface area (Å²) in [6.45, 7) is 2.64. The minimum absolute atomic E-state index is 0. The molecule has 1 amide bonds. The van der Waals surface area contributed by atoms with Crippen LogP contribution in [0.1, 0.15) is 29.8 Å². The number of nitrogens with zero attached hydrogens (tertiary/aromatic N) is 2. The molecule has 26 heavy (non-hydrogen) atoms. The van der Waals surface area contributed by atoms with Crippen molar-refractivity contribution in [1.82, 2.24) is 15.1 Å². The minimum atomic E-state index is -0.299. The molecule has 1 saturated heterocycles. The number of ether oxygens (including phenoxy) is 1. The monoisotopic (exact) mass is 382 g/mol. The van der Waals surface area contributed by atoms with E-state index < -0.39 is 0 Å². The summed E-state index contributed by atoms with van der Waals surface area (Å²) < 4.78 is 18.8. The number of carbonyl (C=O) groups excluding carboxylic acids is 1. The Balaban J connectivity index is 0.00000243. The van der Waals surface area contributed by atoms with E-state index in [2.05, 4.69) is 10.2 Å². The van der Waals surface area contributed by atoms with Crippen LogP contribution < -0.4 is 5.73 Å². The van der Waals surface area contributed by atoms with E-state index in [1.54, 1.807) is 18.2 Å². The maximum absolute atomic E-state index is 13.0. The highest BCUT2D eigenvalue weighted by atomic mass is 35.5. The van der Waals surface area contributed by atoms with Crippen molar-refractivity contribution >= 4 is 18.3 Å². The highest BCUT2D eigenvalue weighted by molar-refractivity contribution is 5.93. The fourth-order valence-electron chi connectivity index (χ4n) is 2.93. The molecule has 6 nitrogen and oxygen atoms in total. The van der Waals surface area contributed by atoms with E-state index in [1.165, 1.54) is 12.1 Å². The number of nitrogens with one attached hydrogen (secondary N) is 1. The van der Waals surface area contributed by atoms with Crippen molar-refractivity contribution < 1.29 is 13.9 Å². The van der Waals surface area contributed by atoms with Gasteiger partial charge in [-0.1, -0.05) is 0 Å². The summed E-state index contributed by atoms with van der Waals surface area (Å²) in [5, 5.41) is 6.95. The molecule has 0 bridgehead atoms. The first-order chi connectivity index (χ1) is 12.2. The third kappa shape index (κ3) is 5.03. The van der Waals surface area contributed by atoms with E-state index >= 15 is 0 Å². The standard InChI is InChI=1S/C18H23FN4O2.ClH/c19-14-4-2-13(3-5-14)16-12-17(22-21-16)18(24)23-9-6-15(7-10-23)25-11-1-8-20;/h2-5,12,15H,1,6-11,20H2,(H,21,22);1H. The van der Waals surface area contributed by atoms with Crippen LogP contribution in [0.2, 0.25) is 0 Å². The van der Waals surface area contributed by atoms with Crippen molar-refractivity contribution in [2.45, 2.75) is 25.4 Å². The molecule has 0 radical (unpaired) electrons. The first-order valence-electron chi connectivity index (χ1n) is 8.59. The lowest BCUT2D eigenvalue weighted by atomic mass is 10.1. The predicted molar refractivity (Wildman–Crippen MR) is 99.8 cm³/mol. The fourth-order valence-corrected chi connectivity index (χ4v) is 2.93. The molecule has 8 heteroatoms. The number of carbonyl (C=O) groups is 1. The molecule has 1 aliphatic heterocycles. The van der Waals surface area contributed by atoms with Gasteiger partial charge in [0.05, 0.1) is 11.8 Å². The Morgan fingerprint density at radius 2 is 2.00 bits per heavy atom. The van der Waals surface area contributed by atoms with Gasteiger partial charge in [-0.05, 0) is 56.1 Å². The molecule has 0 aliphatic carbocycles. The van der Waals surface area contributed by atoms with Crippen molar-refractivity contribution in [3.8, 4) is 11.3 Å². The summed E-state index contributed by atoms with van der Waals surface area (Å²) in [6.07, 6.45) is 2.72. The summed E-state index contributed by atoms with van der Waals surface area (Å²) in [4.78, 5) is 14.4. The molecule has 3 rings (SSSR count). The average molecular weight is 383 g/mol. The van der Waals surface area contributed by atoms with Gasteiger partial charge in [0.1, 0.15) is 11.5 Å². The second kappa shape index (κ2) is 9.66. The van der Waals surface area contributed by atoms with Crippen molar-refractivity contribution in [3.05, 3.63) is 41.8 Å². The molecule has 1 fully saturated rings. The molecular formula is C18H24ClFN4O2. The quantitative estimate of drug-likeness (QED) is 0.752. The molecule has 0 atom stereocenters. The smallest absolute Gasteiger partial charge is 0.271 e. The van der Waals surface area contributed by atoms with Crippen LogP contribution in [0, 0.1) is 5.82 Å². The number of rotatable bonds is 6. The average Bonchev–Trinajstić information content (AvgIpc) is 3.13. The Morgan fingerprint density at radius 1 is 1.31 bits per heavy atom. The highest BCUT2D eigenvalue weighted by Gasteiger charge is 2.25. The van der Waals surface area contributed by atoms with Crippen molar-refractivity contribution in [1.29, 1.82) is 0 Å². The first-order valence-corrected chi connectivity index (χ1v) is 8.59. The topological polar surface area (TPSA) is 84.2 Å². The highest BCUT2D eigenvalue weighted by Crippen LogP contribution is 2.20. The van der Waals surface area contributed by atoms with Gasteiger partial charge in [0.25, 0.3) is 5.91 Å². The number of aromatic nitrogens is 2. The Hall–Kier alpha value is -1.96. The number of benzene rings is 1. The molecule has 1 aliphatic rings. The number of amides is 1. The number of hydrogen-bond donors (Lipinski definition) is 2. The number of likely N-dealkylation sites (tertiary alicyclic amines) is 1. The van der Waals surface area contributed by atoms with Gasteiger partial charge in [-0.15, -0.1) is 12.4 Å². The molecule has 2 heterocycles. The van der Waals surface area contributed by atoms with E-state index in [1.807, 2.05) is 4.90 Å². The molecule has 1 aromatic carbocycles. The zero-order valence-electron chi connectivity index (χ0n) is 14.5. The third-order valence-electron chi connectivity index (χ3n) is 4.38. The van der Waals surface area contributed by atoms with Gasteiger partial charge in [0.2, 0.25) is 0 Å². The second-order valence-electron chi connectivity index (χ2n) is 6.18. The summed E-state index contributed by atoms with van der Waals surface area (Å²) in [6, 6.07) is 7.75. The zero-order valence-corrected chi connectivity index (χ0v) is 15.3. The van der Waals surface area contributed by atoms with Crippen LogP contribution in [0.4, 0.5) is 4.39 Å². The van der Waals surface area contributed by atoms with E-state index in [-0.39, 0.29) is 30.2 Å².